The molecule has 1 aromatic rings. The molecule has 0 bridgehead atoms. The van der Waals surface area contributed by atoms with Gasteiger partial charge < -0.3 is 14.7 Å². The van der Waals surface area contributed by atoms with Crippen LogP contribution in [0.4, 0.5) is 4.39 Å². The Balaban J connectivity index is 2.04. The molecule has 0 radical (unpaired) electrons. The van der Waals surface area contributed by atoms with Crippen molar-refractivity contribution < 1.29 is 23.8 Å². The van der Waals surface area contributed by atoms with E-state index >= 15 is 0 Å². The molecule has 6 heteroatoms. The molecule has 0 aliphatic carbocycles. The van der Waals surface area contributed by atoms with Crippen molar-refractivity contribution in [2.45, 2.75) is 25.4 Å². The highest BCUT2D eigenvalue weighted by atomic mass is 19.1. The van der Waals surface area contributed by atoms with Gasteiger partial charge in [0.25, 0.3) is 0 Å². The molecule has 114 valence electrons. The zero-order valence-corrected chi connectivity index (χ0v) is 12.1. The van der Waals surface area contributed by atoms with Gasteiger partial charge in [0.05, 0.1) is 20.1 Å². The predicted octanol–water partition coefficient (Wildman–Crippen LogP) is 1.57. The molecule has 1 amide bonds. The van der Waals surface area contributed by atoms with Crippen LogP contribution in [0.3, 0.4) is 0 Å². The molecule has 0 aromatic heterocycles. The highest BCUT2D eigenvalue weighted by Gasteiger charge is 2.46. The fraction of sp³-hybridized carbons (Fsp3) is 0.467. The van der Waals surface area contributed by atoms with Crippen LogP contribution < -0.4 is 4.74 Å². The molecular formula is C15H18FNO4. The molecule has 2 rings (SSSR count). The fourth-order valence-electron chi connectivity index (χ4n) is 2.42. The normalized spacial score (nSPS) is 21.4. The van der Waals surface area contributed by atoms with Crippen molar-refractivity contribution in [3.63, 3.8) is 0 Å². The lowest BCUT2D eigenvalue weighted by atomic mass is 10.1. The van der Waals surface area contributed by atoms with Gasteiger partial charge in [-0.1, -0.05) is 12.1 Å². The first-order valence-electron chi connectivity index (χ1n) is 6.69. The molecule has 1 atom stereocenters. The summed E-state index contributed by atoms with van der Waals surface area (Å²) in [6.07, 6.45) is -0.0579. The first-order valence-corrected chi connectivity index (χ1v) is 6.69. The Bertz CT molecular complexity index is 575. The quantitative estimate of drug-likeness (QED) is 0.915. The number of likely N-dealkylation sites (tertiary alicyclic amines) is 1. The summed E-state index contributed by atoms with van der Waals surface area (Å²) < 4.78 is 19.1. The van der Waals surface area contributed by atoms with Crippen molar-refractivity contribution in [3.05, 3.63) is 29.3 Å². The number of methoxy groups -OCH3 is 1. The Morgan fingerprint density at radius 1 is 1.48 bits per heavy atom. The van der Waals surface area contributed by atoms with Crippen molar-refractivity contribution in [3.8, 4) is 5.75 Å². The highest BCUT2D eigenvalue weighted by Crippen LogP contribution is 2.27. The van der Waals surface area contributed by atoms with Crippen molar-refractivity contribution in [2.75, 3.05) is 20.2 Å². The number of carbonyl (C=O) groups excluding carboxylic acids is 1. The Labute approximate surface area is 122 Å². The third-order valence-electron chi connectivity index (χ3n) is 3.78. The molecule has 0 spiro atoms. The minimum Gasteiger partial charge on any atom is -0.496 e. The van der Waals surface area contributed by atoms with Gasteiger partial charge in [0.15, 0.2) is 0 Å². The van der Waals surface area contributed by atoms with Gasteiger partial charge in [0.2, 0.25) is 11.6 Å². The maximum atomic E-state index is 13.9. The Hall–Kier alpha value is -2.11. The number of carbonyl (C=O) groups is 2. The number of aliphatic carboxylic acids is 1. The third-order valence-corrected chi connectivity index (χ3v) is 3.78. The van der Waals surface area contributed by atoms with E-state index in [1.54, 1.807) is 13.2 Å². The summed E-state index contributed by atoms with van der Waals surface area (Å²) in [7, 11) is 1.55. The summed E-state index contributed by atoms with van der Waals surface area (Å²) in [4.78, 5) is 24.2. The molecule has 1 aliphatic heterocycles. The second-order valence-corrected chi connectivity index (χ2v) is 5.32. The van der Waals surface area contributed by atoms with E-state index in [1.165, 1.54) is 4.90 Å². The number of carboxylic acids is 1. The average molecular weight is 295 g/mol. The second-order valence-electron chi connectivity index (χ2n) is 5.32. The van der Waals surface area contributed by atoms with Gasteiger partial charge in [-0.2, -0.15) is 0 Å². The van der Waals surface area contributed by atoms with E-state index in [0.29, 0.717) is 5.75 Å². The minimum absolute atomic E-state index is 0.104. The number of hydrogen-bond donors (Lipinski definition) is 1. The van der Waals surface area contributed by atoms with E-state index in [4.69, 9.17) is 9.84 Å². The van der Waals surface area contributed by atoms with Gasteiger partial charge in [-0.25, -0.2) is 9.18 Å². The fourth-order valence-corrected chi connectivity index (χ4v) is 2.42. The maximum absolute atomic E-state index is 13.9. The molecule has 1 saturated heterocycles. The number of alkyl halides is 1. The van der Waals surface area contributed by atoms with Crippen LogP contribution in [0.2, 0.25) is 0 Å². The Morgan fingerprint density at radius 3 is 2.76 bits per heavy atom. The van der Waals surface area contributed by atoms with Crippen molar-refractivity contribution in [1.29, 1.82) is 0 Å². The molecule has 0 saturated carbocycles. The SMILES string of the molecule is COc1cc(CC(=O)N2CCC(F)(C(=O)O)C2)ccc1C. The van der Waals surface area contributed by atoms with Crippen LogP contribution in [0, 0.1) is 6.92 Å². The number of nitrogens with zero attached hydrogens (tertiary/aromatic N) is 1. The van der Waals surface area contributed by atoms with Crippen molar-refractivity contribution >= 4 is 11.9 Å². The lowest BCUT2D eigenvalue weighted by molar-refractivity contribution is -0.150. The first-order chi connectivity index (χ1) is 9.85. The summed E-state index contributed by atoms with van der Waals surface area (Å²) in [5.74, 6) is -1.09. The molecular weight excluding hydrogens is 277 g/mol. The minimum atomic E-state index is -2.32. The van der Waals surface area contributed by atoms with Gasteiger partial charge in [0.1, 0.15) is 5.75 Å². The van der Waals surface area contributed by atoms with Gasteiger partial charge >= 0.3 is 5.97 Å². The topological polar surface area (TPSA) is 66.8 Å². The first kappa shape index (κ1) is 15.3. The van der Waals surface area contributed by atoms with E-state index < -0.39 is 11.6 Å². The molecule has 21 heavy (non-hydrogen) atoms. The van der Waals surface area contributed by atoms with Crippen LogP contribution >= 0.6 is 0 Å². The molecule has 1 unspecified atom stereocenters. The smallest absolute Gasteiger partial charge is 0.343 e. The van der Waals surface area contributed by atoms with E-state index in [0.717, 1.165) is 11.1 Å². The lowest BCUT2D eigenvalue weighted by Crippen LogP contribution is -2.39. The van der Waals surface area contributed by atoms with E-state index in [1.807, 2.05) is 19.1 Å². The molecule has 1 aromatic carbocycles. The predicted molar refractivity (Wildman–Crippen MR) is 74.1 cm³/mol. The molecule has 5 nitrogen and oxygen atoms in total. The Kier molecular flexibility index (Phi) is 4.16. The van der Waals surface area contributed by atoms with Crippen LogP contribution in [0.5, 0.6) is 5.75 Å². The highest BCUT2D eigenvalue weighted by molar-refractivity contribution is 5.83. The van der Waals surface area contributed by atoms with E-state index in [-0.39, 0.29) is 31.8 Å². The van der Waals surface area contributed by atoms with Crippen molar-refractivity contribution in [1.82, 2.24) is 4.90 Å². The van der Waals surface area contributed by atoms with Crippen LogP contribution in [0.25, 0.3) is 0 Å². The molecule has 1 aliphatic rings. The zero-order chi connectivity index (χ0) is 15.6. The van der Waals surface area contributed by atoms with Crippen LogP contribution in [0.15, 0.2) is 18.2 Å². The van der Waals surface area contributed by atoms with E-state index in [2.05, 4.69) is 0 Å². The van der Waals surface area contributed by atoms with Gasteiger partial charge in [-0.3, -0.25) is 4.79 Å². The number of rotatable bonds is 4. The zero-order valence-electron chi connectivity index (χ0n) is 12.1. The second kappa shape index (κ2) is 5.71. The standard InChI is InChI=1S/C15H18FNO4/c1-10-3-4-11(7-12(10)21-2)8-13(18)17-6-5-15(16,9-17)14(19)20/h3-4,7H,5-6,8-9H2,1-2H3,(H,19,20). The number of carboxylic acid groups (broad SMARTS) is 1. The molecule has 1 heterocycles. The van der Waals surface area contributed by atoms with Gasteiger partial charge in [-0.05, 0) is 24.1 Å². The number of halogens is 1. The average Bonchev–Trinajstić information content (AvgIpc) is 2.85. The summed E-state index contributed by atoms with van der Waals surface area (Å²) in [5, 5.41) is 8.83. The molecule has 1 N–H and O–H groups in total. The molecule has 1 fully saturated rings. The maximum Gasteiger partial charge on any atom is 0.343 e. The Morgan fingerprint density at radius 2 is 2.19 bits per heavy atom. The van der Waals surface area contributed by atoms with E-state index in [9.17, 15) is 14.0 Å². The third kappa shape index (κ3) is 3.15. The van der Waals surface area contributed by atoms with Crippen LogP contribution in [-0.2, 0) is 16.0 Å². The monoisotopic (exact) mass is 295 g/mol. The number of amides is 1. The largest absolute Gasteiger partial charge is 0.496 e. The lowest BCUT2D eigenvalue weighted by Gasteiger charge is -2.18. The number of ether oxygens (including phenoxy) is 1. The van der Waals surface area contributed by atoms with Crippen LogP contribution in [-0.4, -0.2) is 47.8 Å². The number of hydrogen-bond acceptors (Lipinski definition) is 3. The van der Waals surface area contributed by atoms with Crippen molar-refractivity contribution in [2.24, 2.45) is 0 Å². The number of benzene rings is 1. The summed E-state index contributed by atoms with van der Waals surface area (Å²) in [6, 6.07) is 5.43. The summed E-state index contributed by atoms with van der Waals surface area (Å²) >= 11 is 0. The van der Waals surface area contributed by atoms with Gasteiger partial charge in [0, 0.05) is 13.0 Å². The summed E-state index contributed by atoms with van der Waals surface area (Å²) in [5.41, 5.74) is -0.599. The summed E-state index contributed by atoms with van der Waals surface area (Å²) in [6.45, 7) is 1.64. The van der Waals surface area contributed by atoms with Crippen LogP contribution in [0.1, 0.15) is 17.5 Å². The number of aryl methyl sites for hydroxylation is 1. The van der Waals surface area contributed by atoms with Gasteiger partial charge in [-0.15, -0.1) is 0 Å².